The molecule has 1 aliphatic carbocycles. The quantitative estimate of drug-likeness (QED) is 0.767. The Bertz CT molecular complexity index is 1020. The first-order valence-electron chi connectivity index (χ1n) is 9.28. The van der Waals surface area contributed by atoms with Gasteiger partial charge in [0.15, 0.2) is 0 Å². The standard InChI is InChI=1S/C21H26N4O/c1-12-8-6-9-15-13(2)20(24(4)19(12)15)21(26)22-16-10-7-11-17-18(16)14(3)23-25(17)5/h6,8-9,16H,7,10-11H2,1-5H3,(H,22,26). The second-order valence-electron chi connectivity index (χ2n) is 7.49. The molecule has 0 spiro atoms. The number of aryl methyl sites for hydroxylation is 5. The molecular weight excluding hydrogens is 324 g/mol. The SMILES string of the molecule is Cc1nn(C)c2c1C(NC(=O)c1c(C)c3cccc(C)c3n1C)CCC2. The highest BCUT2D eigenvalue weighted by Crippen LogP contribution is 2.33. The summed E-state index contributed by atoms with van der Waals surface area (Å²) in [5.74, 6) is 0.00158. The fourth-order valence-electron chi connectivity index (χ4n) is 4.68. The molecule has 1 aromatic carbocycles. The van der Waals surface area contributed by atoms with Gasteiger partial charge in [0, 0.05) is 30.7 Å². The number of carbonyl (C=O) groups excluding carboxylic acids is 1. The van der Waals surface area contributed by atoms with Gasteiger partial charge in [-0.05, 0) is 51.2 Å². The van der Waals surface area contributed by atoms with E-state index in [0.717, 1.165) is 47.1 Å². The molecule has 0 aliphatic heterocycles. The van der Waals surface area contributed by atoms with Gasteiger partial charge in [-0.3, -0.25) is 9.48 Å². The Morgan fingerprint density at radius 1 is 1.23 bits per heavy atom. The van der Waals surface area contributed by atoms with Crippen LogP contribution in [0.15, 0.2) is 18.2 Å². The van der Waals surface area contributed by atoms with Crippen molar-refractivity contribution in [2.45, 2.75) is 46.1 Å². The second kappa shape index (κ2) is 6.01. The molecule has 2 heterocycles. The highest BCUT2D eigenvalue weighted by atomic mass is 16.2. The van der Waals surface area contributed by atoms with Crippen LogP contribution in [0, 0.1) is 20.8 Å². The van der Waals surface area contributed by atoms with Gasteiger partial charge >= 0.3 is 0 Å². The lowest BCUT2D eigenvalue weighted by Gasteiger charge is -2.25. The lowest BCUT2D eigenvalue weighted by Crippen LogP contribution is -2.32. The topological polar surface area (TPSA) is 51.9 Å². The Morgan fingerprint density at radius 2 is 2.00 bits per heavy atom. The minimum atomic E-state index is 0.00158. The predicted octanol–water partition coefficient (Wildman–Crippen LogP) is 3.64. The molecular formula is C21H26N4O. The molecule has 5 heteroatoms. The van der Waals surface area contributed by atoms with E-state index in [1.807, 2.05) is 37.2 Å². The molecule has 0 saturated heterocycles. The van der Waals surface area contributed by atoms with Crippen molar-refractivity contribution in [1.82, 2.24) is 19.7 Å². The molecule has 2 aromatic heterocycles. The summed E-state index contributed by atoms with van der Waals surface area (Å²) in [6.45, 7) is 6.17. The van der Waals surface area contributed by atoms with Gasteiger partial charge < -0.3 is 9.88 Å². The summed E-state index contributed by atoms with van der Waals surface area (Å²) < 4.78 is 4.00. The van der Waals surface area contributed by atoms with Crippen LogP contribution in [0.5, 0.6) is 0 Å². The molecule has 1 N–H and O–H groups in total. The number of benzene rings is 1. The maximum Gasteiger partial charge on any atom is 0.268 e. The summed E-state index contributed by atoms with van der Waals surface area (Å²) >= 11 is 0. The highest BCUT2D eigenvalue weighted by molar-refractivity contribution is 6.02. The Labute approximate surface area is 154 Å². The van der Waals surface area contributed by atoms with Gasteiger partial charge in [0.05, 0.1) is 17.3 Å². The third-order valence-electron chi connectivity index (χ3n) is 5.83. The first kappa shape index (κ1) is 16.9. The van der Waals surface area contributed by atoms with Crippen molar-refractivity contribution in [3.63, 3.8) is 0 Å². The molecule has 4 rings (SSSR count). The van der Waals surface area contributed by atoms with E-state index >= 15 is 0 Å². The second-order valence-corrected chi connectivity index (χ2v) is 7.49. The molecule has 0 fully saturated rings. The van der Waals surface area contributed by atoms with E-state index < -0.39 is 0 Å². The van der Waals surface area contributed by atoms with Crippen molar-refractivity contribution in [3.8, 4) is 0 Å². The Kier molecular flexibility index (Phi) is 3.90. The van der Waals surface area contributed by atoms with E-state index in [1.165, 1.54) is 16.8 Å². The van der Waals surface area contributed by atoms with Crippen LogP contribution in [0.2, 0.25) is 0 Å². The predicted molar refractivity (Wildman–Crippen MR) is 103 cm³/mol. The number of nitrogens with zero attached hydrogens (tertiary/aromatic N) is 3. The first-order valence-corrected chi connectivity index (χ1v) is 9.28. The number of fused-ring (bicyclic) bond motifs is 2. The summed E-state index contributed by atoms with van der Waals surface area (Å²) in [7, 11) is 3.98. The van der Waals surface area contributed by atoms with Gasteiger partial charge in [-0.25, -0.2) is 0 Å². The molecule has 136 valence electrons. The van der Waals surface area contributed by atoms with Gasteiger partial charge in [-0.1, -0.05) is 18.2 Å². The molecule has 26 heavy (non-hydrogen) atoms. The Morgan fingerprint density at radius 3 is 2.73 bits per heavy atom. The van der Waals surface area contributed by atoms with Gasteiger partial charge in [0.25, 0.3) is 5.91 Å². The summed E-state index contributed by atoms with van der Waals surface area (Å²) in [5.41, 5.74) is 7.61. The van der Waals surface area contributed by atoms with Crippen LogP contribution in [-0.4, -0.2) is 20.3 Å². The van der Waals surface area contributed by atoms with Crippen LogP contribution in [0.25, 0.3) is 10.9 Å². The lowest BCUT2D eigenvalue weighted by molar-refractivity contribution is 0.0924. The summed E-state index contributed by atoms with van der Waals surface area (Å²) in [6, 6.07) is 6.28. The highest BCUT2D eigenvalue weighted by Gasteiger charge is 2.29. The maximum absolute atomic E-state index is 13.2. The smallest absolute Gasteiger partial charge is 0.268 e. The minimum Gasteiger partial charge on any atom is -0.344 e. The lowest BCUT2D eigenvalue weighted by atomic mass is 9.91. The fraction of sp³-hybridized carbons (Fsp3) is 0.429. The molecule has 1 atom stereocenters. The van der Waals surface area contributed by atoms with E-state index in [1.54, 1.807) is 0 Å². The summed E-state index contributed by atoms with van der Waals surface area (Å²) in [4.78, 5) is 13.2. The molecule has 5 nitrogen and oxygen atoms in total. The van der Waals surface area contributed by atoms with Gasteiger partial charge in [0.1, 0.15) is 5.69 Å². The van der Waals surface area contributed by atoms with Gasteiger partial charge in [-0.15, -0.1) is 0 Å². The number of hydrogen-bond donors (Lipinski definition) is 1. The Balaban J connectivity index is 1.73. The zero-order valence-corrected chi connectivity index (χ0v) is 16.2. The van der Waals surface area contributed by atoms with E-state index in [9.17, 15) is 4.79 Å². The number of hydrogen-bond acceptors (Lipinski definition) is 2. The monoisotopic (exact) mass is 350 g/mol. The van der Waals surface area contributed by atoms with Crippen molar-refractivity contribution in [2.75, 3.05) is 0 Å². The number of rotatable bonds is 2. The van der Waals surface area contributed by atoms with Crippen LogP contribution in [-0.2, 0) is 20.5 Å². The van der Waals surface area contributed by atoms with E-state index in [2.05, 4.69) is 35.5 Å². The zero-order chi connectivity index (χ0) is 18.6. The largest absolute Gasteiger partial charge is 0.344 e. The number of aromatic nitrogens is 3. The van der Waals surface area contributed by atoms with Crippen LogP contribution in [0.1, 0.15) is 57.5 Å². The van der Waals surface area contributed by atoms with Crippen LogP contribution >= 0.6 is 0 Å². The van der Waals surface area contributed by atoms with E-state index in [4.69, 9.17) is 0 Å². The van der Waals surface area contributed by atoms with Crippen LogP contribution in [0.4, 0.5) is 0 Å². The van der Waals surface area contributed by atoms with Crippen LogP contribution in [0.3, 0.4) is 0 Å². The van der Waals surface area contributed by atoms with Crippen molar-refractivity contribution in [3.05, 3.63) is 52.0 Å². The summed E-state index contributed by atoms with van der Waals surface area (Å²) in [5, 5.41) is 9.01. The zero-order valence-electron chi connectivity index (χ0n) is 16.2. The van der Waals surface area contributed by atoms with E-state index in [-0.39, 0.29) is 11.9 Å². The van der Waals surface area contributed by atoms with Crippen molar-refractivity contribution in [2.24, 2.45) is 14.1 Å². The fourth-order valence-corrected chi connectivity index (χ4v) is 4.68. The summed E-state index contributed by atoms with van der Waals surface area (Å²) in [6.07, 6.45) is 3.07. The molecule has 1 aliphatic rings. The first-order chi connectivity index (χ1) is 12.4. The van der Waals surface area contributed by atoms with Gasteiger partial charge in [0.2, 0.25) is 0 Å². The van der Waals surface area contributed by atoms with Crippen LogP contribution < -0.4 is 5.32 Å². The Hall–Kier alpha value is -2.56. The molecule has 0 radical (unpaired) electrons. The number of amides is 1. The average Bonchev–Trinajstić information content (AvgIpc) is 3.03. The van der Waals surface area contributed by atoms with Gasteiger partial charge in [-0.2, -0.15) is 5.10 Å². The number of para-hydroxylation sites is 1. The van der Waals surface area contributed by atoms with Crippen molar-refractivity contribution < 1.29 is 4.79 Å². The third-order valence-corrected chi connectivity index (χ3v) is 5.83. The molecule has 1 amide bonds. The maximum atomic E-state index is 13.2. The molecule has 1 unspecified atom stereocenters. The average molecular weight is 350 g/mol. The molecule has 3 aromatic rings. The normalized spacial score (nSPS) is 16.7. The minimum absolute atomic E-state index is 0.00158. The van der Waals surface area contributed by atoms with Crippen molar-refractivity contribution in [1.29, 1.82) is 0 Å². The third kappa shape index (κ3) is 2.37. The molecule has 0 saturated carbocycles. The number of carbonyl (C=O) groups is 1. The van der Waals surface area contributed by atoms with Crippen molar-refractivity contribution >= 4 is 16.8 Å². The number of nitrogens with one attached hydrogen (secondary N) is 1. The van der Waals surface area contributed by atoms with E-state index in [0.29, 0.717) is 0 Å². The molecule has 0 bridgehead atoms.